The standard InChI is InChI=1S/C24H29NO5/c1-15(2)25-20-12-10-18-19(23(20)30-16(3)26)11-13-21(22(18)24(27)28-4)29-14-17-8-6-5-7-9-17/h5-9,11,13,15,20,23,25H,10,12,14H2,1-4H3. The summed E-state index contributed by atoms with van der Waals surface area (Å²) in [4.78, 5) is 24.5. The smallest absolute Gasteiger partial charge is 0.341 e. The number of benzene rings is 2. The van der Waals surface area contributed by atoms with E-state index in [0.717, 1.165) is 23.1 Å². The highest BCUT2D eigenvalue weighted by Crippen LogP contribution is 2.39. The quantitative estimate of drug-likeness (QED) is 0.695. The summed E-state index contributed by atoms with van der Waals surface area (Å²) in [7, 11) is 1.36. The van der Waals surface area contributed by atoms with Crippen molar-refractivity contribution in [2.45, 2.75) is 58.4 Å². The first-order chi connectivity index (χ1) is 14.4. The van der Waals surface area contributed by atoms with Gasteiger partial charge in [-0.2, -0.15) is 0 Å². The van der Waals surface area contributed by atoms with E-state index in [9.17, 15) is 9.59 Å². The molecule has 1 aliphatic rings. The lowest BCUT2D eigenvalue weighted by Crippen LogP contribution is -2.43. The predicted molar refractivity (Wildman–Crippen MR) is 113 cm³/mol. The van der Waals surface area contributed by atoms with Crippen LogP contribution in [0.4, 0.5) is 0 Å². The summed E-state index contributed by atoms with van der Waals surface area (Å²) in [6.45, 7) is 5.86. The van der Waals surface area contributed by atoms with Gasteiger partial charge < -0.3 is 19.5 Å². The third-order valence-electron chi connectivity index (χ3n) is 5.16. The zero-order valence-corrected chi connectivity index (χ0v) is 17.9. The summed E-state index contributed by atoms with van der Waals surface area (Å²) in [6, 6.07) is 13.6. The van der Waals surface area contributed by atoms with Crippen molar-refractivity contribution in [3.63, 3.8) is 0 Å². The molecule has 0 bridgehead atoms. The lowest BCUT2D eigenvalue weighted by Gasteiger charge is -2.35. The lowest BCUT2D eigenvalue weighted by molar-refractivity contribution is -0.149. The van der Waals surface area contributed by atoms with E-state index in [2.05, 4.69) is 19.2 Å². The minimum absolute atomic E-state index is 0.0250. The Bertz CT molecular complexity index is 894. The van der Waals surface area contributed by atoms with E-state index in [4.69, 9.17) is 14.2 Å². The van der Waals surface area contributed by atoms with Crippen LogP contribution in [0.15, 0.2) is 42.5 Å². The third kappa shape index (κ3) is 5.00. The van der Waals surface area contributed by atoms with Crippen LogP contribution in [-0.4, -0.2) is 31.1 Å². The molecule has 160 valence electrons. The third-order valence-corrected chi connectivity index (χ3v) is 5.16. The summed E-state index contributed by atoms with van der Waals surface area (Å²) in [6.07, 6.45) is 0.917. The minimum atomic E-state index is -0.472. The van der Waals surface area contributed by atoms with E-state index >= 15 is 0 Å². The van der Waals surface area contributed by atoms with Crippen LogP contribution in [0.2, 0.25) is 0 Å². The van der Waals surface area contributed by atoms with E-state index in [1.807, 2.05) is 36.4 Å². The van der Waals surface area contributed by atoms with Gasteiger partial charge in [-0.05, 0) is 35.6 Å². The Morgan fingerprint density at radius 2 is 1.87 bits per heavy atom. The van der Waals surface area contributed by atoms with Gasteiger partial charge in [0, 0.05) is 19.0 Å². The van der Waals surface area contributed by atoms with Crippen LogP contribution in [0.3, 0.4) is 0 Å². The number of ether oxygens (including phenoxy) is 3. The molecule has 2 aromatic carbocycles. The maximum Gasteiger partial charge on any atom is 0.341 e. The molecule has 0 heterocycles. The molecule has 2 aromatic rings. The van der Waals surface area contributed by atoms with Gasteiger partial charge in [0.15, 0.2) is 0 Å². The molecule has 1 aliphatic carbocycles. The first-order valence-corrected chi connectivity index (χ1v) is 10.2. The average Bonchev–Trinajstić information content (AvgIpc) is 2.73. The van der Waals surface area contributed by atoms with Crippen LogP contribution < -0.4 is 10.1 Å². The molecule has 1 N–H and O–H groups in total. The summed E-state index contributed by atoms with van der Waals surface area (Å²) in [5.74, 6) is -0.333. The van der Waals surface area contributed by atoms with Crippen molar-refractivity contribution in [1.29, 1.82) is 0 Å². The molecule has 6 heteroatoms. The Kier molecular flexibility index (Phi) is 7.11. The van der Waals surface area contributed by atoms with E-state index in [1.54, 1.807) is 6.07 Å². The largest absolute Gasteiger partial charge is 0.488 e. The molecule has 0 saturated heterocycles. The van der Waals surface area contributed by atoms with Crippen LogP contribution in [0.25, 0.3) is 0 Å². The summed E-state index contributed by atoms with van der Waals surface area (Å²) >= 11 is 0. The first-order valence-electron chi connectivity index (χ1n) is 10.2. The second-order valence-electron chi connectivity index (χ2n) is 7.77. The summed E-state index contributed by atoms with van der Waals surface area (Å²) in [5.41, 5.74) is 3.05. The molecule has 0 saturated carbocycles. The van der Waals surface area contributed by atoms with Gasteiger partial charge in [0.2, 0.25) is 0 Å². The number of methoxy groups -OCH3 is 1. The fourth-order valence-corrected chi connectivity index (χ4v) is 3.95. The fraction of sp³-hybridized carbons (Fsp3) is 0.417. The fourth-order valence-electron chi connectivity index (χ4n) is 3.95. The summed E-state index contributed by atoms with van der Waals surface area (Å²) < 4.78 is 16.7. The number of carbonyl (C=O) groups is 2. The molecule has 30 heavy (non-hydrogen) atoms. The van der Waals surface area contributed by atoms with Crippen molar-refractivity contribution in [3.05, 3.63) is 64.7 Å². The van der Waals surface area contributed by atoms with Crippen molar-refractivity contribution in [1.82, 2.24) is 5.32 Å². The van der Waals surface area contributed by atoms with Crippen molar-refractivity contribution in [2.24, 2.45) is 0 Å². The molecule has 2 atom stereocenters. The molecule has 0 fully saturated rings. The van der Waals surface area contributed by atoms with Crippen LogP contribution in [0.1, 0.15) is 60.3 Å². The number of hydrogen-bond acceptors (Lipinski definition) is 6. The molecule has 0 spiro atoms. The van der Waals surface area contributed by atoms with Gasteiger partial charge in [-0.3, -0.25) is 4.79 Å². The van der Waals surface area contributed by atoms with Crippen LogP contribution in [0.5, 0.6) is 5.75 Å². The summed E-state index contributed by atoms with van der Waals surface area (Å²) in [5, 5.41) is 3.48. The van der Waals surface area contributed by atoms with Gasteiger partial charge in [-0.1, -0.05) is 50.2 Å². The molecule has 0 amide bonds. The van der Waals surface area contributed by atoms with Gasteiger partial charge in [0.05, 0.1) is 7.11 Å². The topological polar surface area (TPSA) is 73.9 Å². The highest BCUT2D eigenvalue weighted by atomic mass is 16.5. The Morgan fingerprint density at radius 1 is 1.13 bits per heavy atom. The number of fused-ring (bicyclic) bond motifs is 1. The second-order valence-corrected chi connectivity index (χ2v) is 7.77. The van der Waals surface area contributed by atoms with Crippen LogP contribution in [0, 0.1) is 0 Å². The maximum atomic E-state index is 12.7. The lowest BCUT2D eigenvalue weighted by atomic mass is 9.82. The molecule has 0 aromatic heterocycles. The molecule has 0 aliphatic heterocycles. The van der Waals surface area contributed by atoms with Crippen molar-refractivity contribution in [2.75, 3.05) is 7.11 Å². The number of carbonyl (C=O) groups excluding carboxylic acids is 2. The molecular formula is C24H29NO5. The van der Waals surface area contributed by atoms with E-state index in [1.165, 1.54) is 14.0 Å². The minimum Gasteiger partial charge on any atom is -0.488 e. The normalized spacial score (nSPS) is 17.9. The predicted octanol–water partition coefficient (Wildman–Crippen LogP) is 3.97. The number of nitrogens with one attached hydrogen (secondary N) is 1. The SMILES string of the molecule is COC(=O)c1c(OCc2ccccc2)ccc2c1CCC(NC(C)C)C2OC(C)=O. The number of esters is 2. The zero-order valence-electron chi connectivity index (χ0n) is 17.9. The van der Waals surface area contributed by atoms with Crippen molar-refractivity contribution in [3.8, 4) is 5.75 Å². The second kappa shape index (κ2) is 9.76. The van der Waals surface area contributed by atoms with Gasteiger partial charge in [0.25, 0.3) is 0 Å². The van der Waals surface area contributed by atoms with Crippen molar-refractivity contribution < 1.29 is 23.8 Å². The van der Waals surface area contributed by atoms with Crippen molar-refractivity contribution >= 4 is 11.9 Å². The Balaban J connectivity index is 1.98. The van der Waals surface area contributed by atoms with E-state index in [-0.39, 0.29) is 18.1 Å². The Morgan fingerprint density at radius 3 is 2.50 bits per heavy atom. The van der Waals surface area contributed by atoms with Crippen LogP contribution in [-0.2, 0) is 27.3 Å². The van der Waals surface area contributed by atoms with Gasteiger partial charge >= 0.3 is 11.9 Å². The molecule has 0 radical (unpaired) electrons. The highest BCUT2D eigenvalue weighted by Gasteiger charge is 2.36. The molecule has 6 nitrogen and oxygen atoms in total. The van der Waals surface area contributed by atoms with Gasteiger partial charge in [-0.15, -0.1) is 0 Å². The Labute approximate surface area is 177 Å². The van der Waals surface area contributed by atoms with E-state index < -0.39 is 12.1 Å². The molecule has 2 unspecified atom stereocenters. The van der Waals surface area contributed by atoms with E-state index in [0.29, 0.717) is 24.3 Å². The molecular weight excluding hydrogens is 382 g/mol. The molecule has 3 rings (SSSR count). The van der Waals surface area contributed by atoms with Gasteiger partial charge in [0.1, 0.15) is 24.0 Å². The number of hydrogen-bond donors (Lipinski definition) is 1. The number of rotatable bonds is 7. The zero-order chi connectivity index (χ0) is 21.7. The monoisotopic (exact) mass is 411 g/mol. The Hall–Kier alpha value is -2.86. The average molecular weight is 411 g/mol. The highest BCUT2D eigenvalue weighted by molar-refractivity contribution is 5.94. The van der Waals surface area contributed by atoms with Gasteiger partial charge in [-0.25, -0.2) is 4.79 Å². The van der Waals surface area contributed by atoms with Crippen LogP contribution >= 0.6 is 0 Å². The maximum absolute atomic E-state index is 12.7. The first kappa shape index (κ1) is 21.8.